The minimum atomic E-state index is -4.51. The van der Waals surface area contributed by atoms with Crippen LogP contribution in [0.1, 0.15) is 34.9 Å². The highest BCUT2D eigenvalue weighted by Crippen LogP contribution is 2.39. The zero-order valence-electron chi connectivity index (χ0n) is 18.6. The van der Waals surface area contributed by atoms with Crippen molar-refractivity contribution in [3.63, 3.8) is 0 Å². The Labute approximate surface area is 207 Å². The van der Waals surface area contributed by atoms with Crippen LogP contribution in [0.4, 0.5) is 19.0 Å². The van der Waals surface area contributed by atoms with E-state index in [0.717, 1.165) is 23.3 Å². The number of aromatic nitrogens is 3. The number of anilines is 1. The number of carbonyl (C=O) groups is 1. The quantitative estimate of drug-likeness (QED) is 0.349. The van der Waals surface area contributed by atoms with Gasteiger partial charge in [-0.2, -0.15) is 13.2 Å². The standard InChI is InChI=1S/C25H18ClF3N4O3/c26-17-9-14(25(27,28)29)10-18-22(17)33-23(31-18)13-7-12-8-15(1-3-19(12)35-11-13)36-20-5-6-30-24-16(20)2-4-21(34)32-24/h1,3,5-6,8-10,13H,2,4,7,11H2,(H,31,33)(H,30,32,34). The zero-order chi connectivity index (χ0) is 25.0. The van der Waals surface area contributed by atoms with Crippen molar-refractivity contribution in [3.05, 3.63) is 70.1 Å². The molecule has 184 valence electrons. The molecule has 7 nitrogen and oxygen atoms in total. The fourth-order valence-electron chi connectivity index (χ4n) is 4.54. The SMILES string of the molecule is O=C1CCc2c(Oc3ccc4c(c3)CC(c3nc5c(Cl)cc(C(F)(F)F)cc5[nH]3)CO4)ccnc2N1. The fraction of sp³-hybridized carbons (Fsp3) is 0.240. The predicted octanol–water partition coefficient (Wildman–Crippen LogP) is 6.03. The maximum atomic E-state index is 13.2. The van der Waals surface area contributed by atoms with E-state index in [-0.39, 0.29) is 27.9 Å². The Morgan fingerprint density at radius 2 is 2.00 bits per heavy atom. The maximum absolute atomic E-state index is 13.2. The van der Waals surface area contributed by atoms with E-state index in [1.165, 1.54) is 0 Å². The summed E-state index contributed by atoms with van der Waals surface area (Å²) >= 11 is 6.10. The number of halogens is 4. The number of pyridine rings is 1. The first-order chi connectivity index (χ1) is 17.2. The lowest BCUT2D eigenvalue weighted by Gasteiger charge is -2.25. The summed E-state index contributed by atoms with van der Waals surface area (Å²) in [4.78, 5) is 23.3. The Hall–Kier alpha value is -3.79. The molecule has 1 unspecified atom stereocenters. The van der Waals surface area contributed by atoms with Gasteiger partial charge >= 0.3 is 6.18 Å². The Morgan fingerprint density at radius 1 is 1.14 bits per heavy atom. The number of ether oxygens (including phenoxy) is 2. The number of nitrogens with one attached hydrogen (secondary N) is 2. The minimum absolute atomic E-state index is 0.0630. The van der Waals surface area contributed by atoms with Gasteiger partial charge in [0.25, 0.3) is 0 Å². The van der Waals surface area contributed by atoms with Gasteiger partial charge < -0.3 is 19.8 Å². The molecule has 2 aliphatic rings. The van der Waals surface area contributed by atoms with Crippen molar-refractivity contribution in [1.29, 1.82) is 0 Å². The number of alkyl halides is 3. The lowest BCUT2D eigenvalue weighted by atomic mass is 9.96. The molecule has 4 aromatic rings. The number of rotatable bonds is 3. The van der Waals surface area contributed by atoms with Crippen LogP contribution in [0.5, 0.6) is 17.2 Å². The summed E-state index contributed by atoms with van der Waals surface area (Å²) in [5, 5.41) is 2.69. The Kier molecular flexibility index (Phi) is 5.29. The van der Waals surface area contributed by atoms with Crippen LogP contribution in [0.15, 0.2) is 42.6 Å². The van der Waals surface area contributed by atoms with E-state index >= 15 is 0 Å². The number of hydrogen-bond acceptors (Lipinski definition) is 5. The first-order valence-electron chi connectivity index (χ1n) is 11.2. The molecule has 2 aliphatic heterocycles. The number of nitrogens with zero attached hydrogens (tertiary/aromatic N) is 2. The minimum Gasteiger partial charge on any atom is -0.493 e. The summed E-state index contributed by atoms with van der Waals surface area (Å²) in [5.41, 5.74) is 1.39. The molecule has 1 atom stereocenters. The first kappa shape index (κ1) is 22.7. The molecule has 2 aromatic carbocycles. The molecule has 1 amide bonds. The number of aromatic amines is 1. The summed E-state index contributed by atoms with van der Waals surface area (Å²) in [6, 6.07) is 9.14. The molecule has 0 saturated carbocycles. The Bertz CT molecular complexity index is 1520. The van der Waals surface area contributed by atoms with Gasteiger partial charge in [0.15, 0.2) is 0 Å². The fourth-order valence-corrected chi connectivity index (χ4v) is 4.80. The molecule has 0 radical (unpaired) electrons. The summed E-state index contributed by atoms with van der Waals surface area (Å²) in [6.07, 6.45) is -1.49. The lowest BCUT2D eigenvalue weighted by Crippen LogP contribution is -2.20. The number of H-pyrrole nitrogens is 1. The highest BCUT2D eigenvalue weighted by molar-refractivity contribution is 6.35. The van der Waals surface area contributed by atoms with Crippen LogP contribution in [0, 0.1) is 0 Å². The van der Waals surface area contributed by atoms with Crippen molar-refractivity contribution >= 4 is 34.4 Å². The largest absolute Gasteiger partial charge is 0.493 e. The van der Waals surface area contributed by atoms with E-state index in [0.29, 0.717) is 54.8 Å². The van der Waals surface area contributed by atoms with Crippen molar-refractivity contribution < 1.29 is 27.4 Å². The Balaban J connectivity index is 1.27. The molecular formula is C25H18ClF3N4O3. The van der Waals surface area contributed by atoms with E-state index < -0.39 is 11.7 Å². The molecule has 0 spiro atoms. The number of carbonyl (C=O) groups excluding carboxylic acids is 1. The van der Waals surface area contributed by atoms with E-state index in [2.05, 4.69) is 20.3 Å². The number of amides is 1. The van der Waals surface area contributed by atoms with Crippen LogP contribution in [0.3, 0.4) is 0 Å². The topological polar surface area (TPSA) is 89.1 Å². The molecular weight excluding hydrogens is 497 g/mol. The summed E-state index contributed by atoms with van der Waals surface area (Å²) in [7, 11) is 0. The average molecular weight is 515 g/mol. The van der Waals surface area contributed by atoms with Gasteiger partial charge in [-0.15, -0.1) is 0 Å². The Morgan fingerprint density at radius 3 is 2.83 bits per heavy atom. The third-order valence-electron chi connectivity index (χ3n) is 6.31. The molecule has 6 rings (SSSR count). The molecule has 0 fully saturated rings. The molecule has 11 heteroatoms. The summed E-state index contributed by atoms with van der Waals surface area (Å²) in [6.45, 7) is 0.314. The van der Waals surface area contributed by atoms with Crippen LogP contribution in [-0.4, -0.2) is 27.5 Å². The predicted molar refractivity (Wildman–Crippen MR) is 126 cm³/mol. The zero-order valence-corrected chi connectivity index (χ0v) is 19.3. The molecule has 0 bridgehead atoms. The third kappa shape index (κ3) is 4.11. The van der Waals surface area contributed by atoms with Crippen molar-refractivity contribution in [2.75, 3.05) is 11.9 Å². The van der Waals surface area contributed by atoms with E-state index in [9.17, 15) is 18.0 Å². The third-order valence-corrected chi connectivity index (χ3v) is 6.60. The van der Waals surface area contributed by atoms with Gasteiger partial charge in [0.2, 0.25) is 5.91 Å². The van der Waals surface area contributed by atoms with Crippen molar-refractivity contribution in [3.8, 4) is 17.2 Å². The molecule has 2 aromatic heterocycles. The maximum Gasteiger partial charge on any atom is 0.416 e. The van der Waals surface area contributed by atoms with Gasteiger partial charge in [-0.3, -0.25) is 4.79 Å². The molecule has 0 aliphatic carbocycles. The highest BCUT2D eigenvalue weighted by Gasteiger charge is 2.32. The second-order valence-corrected chi connectivity index (χ2v) is 9.15. The van der Waals surface area contributed by atoms with E-state index in [4.69, 9.17) is 21.1 Å². The highest BCUT2D eigenvalue weighted by atomic mass is 35.5. The second-order valence-electron chi connectivity index (χ2n) is 8.74. The van der Waals surface area contributed by atoms with Crippen LogP contribution in [-0.2, 0) is 23.8 Å². The number of benzene rings is 2. The molecule has 4 heterocycles. The monoisotopic (exact) mass is 514 g/mol. The molecule has 36 heavy (non-hydrogen) atoms. The van der Waals surface area contributed by atoms with Gasteiger partial charge in [-0.25, -0.2) is 9.97 Å². The van der Waals surface area contributed by atoms with E-state index in [1.807, 2.05) is 12.1 Å². The second kappa shape index (κ2) is 8.41. The van der Waals surface area contributed by atoms with Gasteiger partial charge in [0, 0.05) is 18.2 Å². The van der Waals surface area contributed by atoms with Crippen LogP contribution >= 0.6 is 11.6 Å². The lowest BCUT2D eigenvalue weighted by molar-refractivity contribution is -0.137. The normalized spacial score (nSPS) is 17.2. The first-order valence-corrected chi connectivity index (χ1v) is 11.6. The number of hydrogen-bond donors (Lipinski definition) is 2. The summed E-state index contributed by atoms with van der Waals surface area (Å²) < 4.78 is 51.6. The number of imidazole rings is 1. The molecule has 2 N–H and O–H groups in total. The van der Waals surface area contributed by atoms with Crippen LogP contribution < -0.4 is 14.8 Å². The van der Waals surface area contributed by atoms with Gasteiger partial charge in [-0.1, -0.05) is 11.6 Å². The average Bonchev–Trinajstić information content (AvgIpc) is 3.28. The van der Waals surface area contributed by atoms with Crippen LogP contribution in [0.2, 0.25) is 5.02 Å². The van der Waals surface area contributed by atoms with Crippen molar-refractivity contribution in [2.45, 2.75) is 31.4 Å². The van der Waals surface area contributed by atoms with Crippen molar-refractivity contribution in [1.82, 2.24) is 15.0 Å². The van der Waals surface area contributed by atoms with Crippen molar-refractivity contribution in [2.24, 2.45) is 0 Å². The van der Waals surface area contributed by atoms with Crippen LogP contribution in [0.25, 0.3) is 11.0 Å². The molecule has 0 saturated heterocycles. The van der Waals surface area contributed by atoms with Gasteiger partial charge in [0.05, 0.1) is 28.6 Å². The smallest absolute Gasteiger partial charge is 0.416 e. The van der Waals surface area contributed by atoms with Gasteiger partial charge in [0.1, 0.15) is 34.4 Å². The summed E-state index contributed by atoms with van der Waals surface area (Å²) in [5.74, 6) is 2.62. The number of fused-ring (bicyclic) bond motifs is 3. The van der Waals surface area contributed by atoms with Gasteiger partial charge in [-0.05, 0) is 54.8 Å². The van der Waals surface area contributed by atoms with E-state index in [1.54, 1.807) is 18.3 Å².